The molecule has 6 nitrogen and oxygen atoms in total. The second-order valence-corrected chi connectivity index (χ2v) is 5.67. The maximum absolute atomic E-state index is 9.38. The molecule has 0 radical (unpaired) electrons. The number of rotatable bonds is 4. The summed E-state index contributed by atoms with van der Waals surface area (Å²) in [6.07, 6.45) is 0. The van der Waals surface area contributed by atoms with Crippen molar-refractivity contribution in [3.63, 3.8) is 0 Å². The van der Waals surface area contributed by atoms with Crippen LogP contribution in [0, 0.1) is 11.3 Å². The van der Waals surface area contributed by atoms with Crippen LogP contribution in [0.25, 0.3) is 21.9 Å². The standard InChI is InChI=1S/C19H16N6/c1-2-25-17-10-6-5-9-15(17)22-18(25)12-21-19-13-7-3-4-8-14(13)23-24-16(19)11-20/h3-10H,2,12H2,1H3,(H,21,23). The van der Waals surface area contributed by atoms with Gasteiger partial charge in [0.05, 0.1) is 28.8 Å². The molecule has 0 saturated carbocycles. The molecule has 0 aliphatic carbocycles. The van der Waals surface area contributed by atoms with E-state index in [0.29, 0.717) is 12.2 Å². The van der Waals surface area contributed by atoms with Gasteiger partial charge in [-0.05, 0) is 25.1 Å². The zero-order chi connectivity index (χ0) is 17.2. The highest BCUT2D eigenvalue weighted by atomic mass is 15.1. The third-order valence-corrected chi connectivity index (χ3v) is 4.25. The summed E-state index contributed by atoms with van der Waals surface area (Å²) < 4.78 is 2.17. The highest BCUT2D eigenvalue weighted by Crippen LogP contribution is 2.25. The lowest BCUT2D eigenvalue weighted by Crippen LogP contribution is -2.10. The molecule has 2 aromatic heterocycles. The lowest BCUT2D eigenvalue weighted by Gasteiger charge is -2.11. The minimum Gasteiger partial charge on any atom is -0.375 e. The first-order valence-corrected chi connectivity index (χ1v) is 8.15. The van der Waals surface area contributed by atoms with Crippen LogP contribution in [0.3, 0.4) is 0 Å². The molecule has 2 aromatic carbocycles. The number of aryl methyl sites for hydroxylation is 1. The van der Waals surface area contributed by atoms with Gasteiger partial charge in [0.1, 0.15) is 11.9 Å². The van der Waals surface area contributed by atoms with Crippen molar-refractivity contribution in [1.29, 1.82) is 5.26 Å². The van der Waals surface area contributed by atoms with E-state index in [0.717, 1.165) is 34.3 Å². The lowest BCUT2D eigenvalue weighted by atomic mass is 10.1. The summed E-state index contributed by atoms with van der Waals surface area (Å²) >= 11 is 0. The normalized spacial score (nSPS) is 10.9. The molecule has 0 fully saturated rings. The van der Waals surface area contributed by atoms with Crippen LogP contribution in [0.15, 0.2) is 48.5 Å². The Morgan fingerprint density at radius 1 is 1.04 bits per heavy atom. The number of para-hydroxylation sites is 2. The van der Waals surface area contributed by atoms with E-state index in [1.165, 1.54) is 0 Å². The quantitative estimate of drug-likeness (QED) is 0.620. The van der Waals surface area contributed by atoms with Crippen molar-refractivity contribution < 1.29 is 0 Å². The number of hydrogen-bond donors (Lipinski definition) is 1. The van der Waals surface area contributed by atoms with Crippen molar-refractivity contribution in [2.75, 3.05) is 5.32 Å². The zero-order valence-corrected chi connectivity index (χ0v) is 13.8. The van der Waals surface area contributed by atoms with Crippen LogP contribution in [-0.4, -0.2) is 19.7 Å². The maximum Gasteiger partial charge on any atom is 0.186 e. The molecule has 0 amide bonds. The number of anilines is 1. The first kappa shape index (κ1) is 15.1. The molecule has 0 aliphatic rings. The van der Waals surface area contributed by atoms with Crippen molar-refractivity contribution in [2.24, 2.45) is 0 Å². The number of nitrogens with zero attached hydrogens (tertiary/aromatic N) is 5. The van der Waals surface area contributed by atoms with E-state index in [1.54, 1.807) is 0 Å². The molecular formula is C19H16N6. The molecule has 0 aliphatic heterocycles. The van der Waals surface area contributed by atoms with E-state index in [2.05, 4.69) is 39.1 Å². The summed E-state index contributed by atoms with van der Waals surface area (Å²) in [7, 11) is 0. The molecule has 25 heavy (non-hydrogen) atoms. The van der Waals surface area contributed by atoms with Crippen LogP contribution >= 0.6 is 0 Å². The van der Waals surface area contributed by atoms with Gasteiger partial charge >= 0.3 is 0 Å². The Morgan fingerprint density at radius 3 is 2.60 bits per heavy atom. The summed E-state index contributed by atoms with van der Waals surface area (Å²) in [5, 5.41) is 21.7. The molecule has 4 aromatic rings. The summed E-state index contributed by atoms with van der Waals surface area (Å²) in [4.78, 5) is 4.72. The Hall–Kier alpha value is -3.46. The molecule has 122 valence electrons. The van der Waals surface area contributed by atoms with Gasteiger partial charge in [0, 0.05) is 11.9 Å². The van der Waals surface area contributed by atoms with Crippen molar-refractivity contribution in [1.82, 2.24) is 19.7 Å². The van der Waals surface area contributed by atoms with Gasteiger partial charge in [-0.1, -0.05) is 30.3 Å². The van der Waals surface area contributed by atoms with E-state index in [-0.39, 0.29) is 5.69 Å². The van der Waals surface area contributed by atoms with Crippen LogP contribution in [0.1, 0.15) is 18.4 Å². The summed E-state index contributed by atoms with van der Waals surface area (Å²) in [6, 6.07) is 17.9. The molecule has 2 heterocycles. The Labute approximate surface area is 144 Å². The van der Waals surface area contributed by atoms with Crippen LogP contribution in [0.2, 0.25) is 0 Å². The molecule has 0 bridgehead atoms. The number of benzene rings is 2. The average Bonchev–Trinajstić information content (AvgIpc) is 3.03. The van der Waals surface area contributed by atoms with Crippen molar-refractivity contribution in [2.45, 2.75) is 20.0 Å². The topological polar surface area (TPSA) is 79.4 Å². The second-order valence-electron chi connectivity index (χ2n) is 5.67. The van der Waals surface area contributed by atoms with Crippen LogP contribution < -0.4 is 5.32 Å². The van der Waals surface area contributed by atoms with Crippen LogP contribution in [0.4, 0.5) is 5.69 Å². The molecule has 1 N–H and O–H groups in total. The number of nitrogens with one attached hydrogen (secondary N) is 1. The maximum atomic E-state index is 9.38. The first-order chi connectivity index (χ1) is 12.3. The van der Waals surface area contributed by atoms with E-state index in [4.69, 9.17) is 4.98 Å². The number of hydrogen-bond acceptors (Lipinski definition) is 5. The predicted molar refractivity (Wildman–Crippen MR) is 97.0 cm³/mol. The minimum atomic E-state index is 0.290. The van der Waals surface area contributed by atoms with Crippen LogP contribution in [-0.2, 0) is 13.1 Å². The molecule has 4 rings (SSSR count). The molecule has 0 atom stereocenters. The monoisotopic (exact) mass is 328 g/mol. The molecule has 0 spiro atoms. The van der Waals surface area contributed by atoms with Gasteiger partial charge in [0.15, 0.2) is 5.69 Å². The Balaban J connectivity index is 1.75. The Bertz CT molecular complexity index is 1110. The summed E-state index contributed by atoms with van der Waals surface area (Å²) in [5.41, 5.74) is 3.83. The predicted octanol–water partition coefficient (Wildman–Crippen LogP) is 3.48. The first-order valence-electron chi connectivity index (χ1n) is 8.15. The van der Waals surface area contributed by atoms with Gasteiger partial charge in [0.2, 0.25) is 0 Å². The molecule has 0 unspecified atom stereocenters. The van der Waals surface area contributed by atoms with E-state index < -0.39 is 0 Å². The summed E-state index contributed by atoms with van der Waals surface area (Å²) in [6.45, 7) is 3.44. The smallest absolute Gasteiger partial charge is 0.186 e. The van der Waals surface area contributed by atoms with E-state index in [9.17, 15) is 5.26 Å². The largest absolute Gasteiger partial charge is 0.375 e. The number of nitriles is 1. The van der Waals surface area contributed by atoms with E-state index in [1.807, 2.05) is 42.5 Å². The fourth-order valence-corrected chi connectivity index (χ4v) is 3.09. The zero-order valence-electron chi connectivity index (χ0n) is 13.8. The van der Waals surface area contributed by atoms with Gasteiger partial charge in [-0.15, -0.1) is 10.2 Å². The van der Waals surface area contributed by atoms with E-state index >= 15 is 0 Å². The van der Waals surface area contributed by atoms with Gasteiger partial charge in [-0.2, -0.15) is 5.26 Å². The third-order valence-electron chi connectivity index (χ3n) is 4.25. The van der Waals surface area contributed by atoms with Gasteiger partial charge in [0.25, 0.3) is 0 Å². The fraction of sp³-hybridized carbons (Fsp3) is 0.158. The number of imidazole rings is 1. The van der Waals surface area contributed by atoms with Gasteiger partial charge in [-0.25, -0.2) is 4.98 Å². The summed E-state index contributed by atoms with van der Waals surface area (Å²) in [5.74, 6) is 0.925. The second kappa shape index (κ2) is 6.21. The molecule has 0 saturated heterocycles. The number of aromatic nitrogens is 4. The molecule has 6 heteroatoms. The SMILES string of the molecule is CCn1c(CNc2c(C#N)nnc3ccccc23)nc2ccccc21. The lowest BCUT2D eigenvalue weighted by molar-refractivity contribution is 0.729. The van der Waals surface area contributed by atoms with Gasteiger partial charge in [-0.3, -0.25) is 0 Å². The van der Waals surface area contributed by atoms with Crippen molar-refractivity contribution in [3.8, 4) is 6.07 Å². The highest BCUT2D eigenvalue weighted by molar-refractivity contribution is 5.92. The molecular weight excluding hydrogens is 312 g/mol. The van der Waals surface area contributed by atoms with Crippen molar-refractivity contribution in [3.05, 3.63) is 60.0 Å². The minimum absolute atomic E-state index is 0.290. The van der Waals surface area contributed by atoms with Crippen LogP contribution in [0.5, 0.6) is 0 Å². The highest BCUT2D eigenvalue weighted by Gasteiger charge is 2.13. The van der Waals surface area contributed by atoms with Gasteiger partial charge < -0.3 is 9.88 Å². The van der Waals surface area contributed by atoms with Crippen molar-refractivity contribution >= 4 is 27.6 Å². The fourth-order valence-electron chi connectivity index (χ4n) is 3.09. The third kappa shape index (κ3) is 2.56. The number of fused-ring (bicyclic) bond motifs is 2. The average molecular weight is 328 g/mol. The Kier molecular flexibility index (Phi) is 3.75. The Morgan fingerprint density at radius 2 is 1.80 bits per heavy atom.